The zero-order valence-electron chi connectivity index (χ0n) is 5.10. The second-order valence-corrected chi connectivity index (χ2v) is 3.29. The first-order chi connectivity index (χ1) is 4.22. The maximum atomic E-state index is 5.64. The van der Waals surface area contributed by atoms with Crippen LogP contribution in [0.4, 0.5) is 0 Å². The number of rotatable bonds is 1. The molecule has 0 aromatic carbocycles. The van der Waals surface area contributed by atoms with Crippen molar-refractivity contribution in [3.8, 4) is 0 Å². The van der Waals surface area contributed by atoms with E-state index in [0.717, 1.165) is 4.88 Å². The fourth-order valence-electron chi connectivity index (χ4n) is 0.667. The summed E-state index contributed by atoms with van der Waals surface area (Å²) in [6, 6.07) is 2.02. The van der Waals surface area contributed by atoms with Crippen molar-refractivity contribution in [2.45, 2.75) is 12.4 Å². The van der Waals surface area contributed by atoms with Crippen molar-refractivity contribution in [2.75, 3.05) is 0 Å². The van der Waals surface area contributed by atoms with Crippen LogP contribution in [0.2, 0.25) is 0 Å². The number of halogens is 1. The molecule has 0 fully saturated rings. The molecule has 50 valence electrons. The largest absolute Gasteiger partial charge is 0.311 e. The molecular weight excluding hydrogens is 154 g/mol. The van der Waals surface area contributed by atoms with E-state index in [4.69, 9.17) is 17.3 Å². The summed E-state index contributed by atoms with van der Waals surface area (Å²) < 4.78 is 0. The fourth-order valence-corrected chi connectivity index (χ4v) is 1.80. The van der Waals surface area contributed by atoms with Gasteiger partial charge in [0.15, 0.2) is 0 Å². The van der Waals surface area contributed by atoms with Gasteiger partial charge in [-0.25, -0.2) is 0 Å². The zero-order chi connectivity index (χ0) is 6.85. The van der Waals surface area contributed by atoms with Crippen molar-refractivity contribution in [3.05, 3.63) is 21.9 Å². The summed E-state index contributed by atoms with van der Waals surface area (Å²) in [7, 11) is 0. The molecule has 0 radical (unpaired) electrons. The molecular formula is C6H8ClNS. The van der Waals surface area contributed by atoms with Crippen molar-refractivity contribution in [3.63, 3.8) is 0 Å². The Kier molecular flexibility index (Phi) is 2.11. The Morgan fingerprint density at radius 2 is 2.44 bits per heavy atom. The smallest absolute Gasteiger partial charge is 0.115 e. The highest BCUT2D eigenvalue weighted by atomic mass is 35.5. The van der Waals surface area contributed by atoms with E-state index < -0.39 is 0 Å². The monoisotopic (exact) mass is 161 g/mol. The number of nitrogens with two attached hydrogens (primary N) is 1. The predicted molar refractivity (Wildman–Crippen MR) is 41.8 cm³/mol. The first-order valence-corrected chi connectivity index (χ1v) is 3.97. The quantitative estimate of drug-likeness (QED) is 0.496. The third kappa shape index (κ3) is 1.45. The van der Waals surface area contributed by atoms with E-state index in [9.17, 15) is 0 Å². The topological polar surface area (TPSA) is 26.0 Å². The van der Waals surface area contributed by atoms with Gasteiger partial charge >= 0.3 is 0 Å². The normalized spacial score (nSPS) is 13.7. The van der Waals surface area contributed by atoms with Crippen LogP contribution >= 0.6 is 22.9 Å². The summed E-state index contributed by atoms with van der Waals surface area (Å²) in [4.78, 5) is 1.07. The molecule has 2 N–H and O–H groups in total. The van der Waals surface area contributed by atoms with E-state index >= 15 is 0 Å². The summed E-state index contributed by atoms with van der Waals surface area (Å²) in [6.07, 6.45) is 0. The lowest BCUT2D eigenvalue weighted by atomic mass is 10.3. The predicted octanol–water partition coefficient (Wildman–Crippen LogP) is 2.25. The lowest BCUT2D eigenvalue weighted by Gasteiger charge is -1.98. The van der Waals surface area contributed by atoms with E-state index in [-0.39, 0.29) is 5.50 Å². The summed E-state index contributed by atoms with van der Waals surface area (Å²) in [5.41, 5.74) is 6.29. The van der Waals surface area contributed by atoms with Gasteiger partial charge in [0.05, 0.1) is 0 Å². The van der Waals surface area contributed by atoms with E-state index in [1.165, 1.54) is 5.56 Å². The van der Waals surface area contributed by atoms with Gasteiger partial charge in [0.25, 0.3) is 0 Å². The lowest BCUT2D eigenvalue weighted by Crippen LogP contribution is -2.00. The van der Waals surface area contributed by atoms with Gasteiger partial charge in [0.2, 0.25) is 0 Å². The van der Waals surface area contributed by atoms with E-state index in [1.54, 1.807) is 11.3 Å². The van der Waals surface area contributed by atoms with Crippen LogP contribution in [0.15, 0.2) is 11.4 Å². The standard InChI is InChI=1S/C6H8ClNS/c1-4-2-3-9-5(4)6(7)8/h2-3,6H,8H2,1H3. The molecule has 1 rings (SSSR count). The average molecular weight is 162 g/mol. The van der Waals surface area contributed by atoms with Crippen LogP contribution in [0, 0.1) is 6.92 Å². The number of aryl methyl sites for hydroxylation is 1. The molecule has 0 spiro atoms. The molecule has 0 aliphatic carbocycles. The third-order valence-corrected chi connectivity index (χ3v) is 2.60. The van der Waals surface area contributed by atoms with Crippen LogP contribution in [0.25, 0.3) is 0 Å². The van der Waals surface area contributed by atoms with Crippen LogP contribution in [-0.4, -0.2) is 0 Å². The highest BCUT2D eigenvalue weighted by molar-refractivity contribution is 7.10. The summed E-state index contributed by atoms with van der Waals surface area (Å²) in [5.74, 6) is 0. The number of thiophene rings is 1. The van der Waals surface area contributed by atoms with Gasteiger partial charge in [-0.15, -0.1) is 11.3 Å². The van der Waals surface area contributed by atoms with E-state index in [2.05, 4.69) is 0 Å². The Hall–Kier alpha value is -0.0500. The van der Waals surface area contributed by atoms with Crippen LogP contribution in [0.3, 0.4) is 0 Å². The SMILES string of the molecule is Cc1ccsc1C(N)Cl. The molecule has 0 saturated carbocycles. The second kappa shape index (κ2) is 2.69. The fraction of sp³-hybridized carbons (Fsp3) is 0.333. The van der Waals surface area contributed by atoms with Gasteiger partial charge in [-0.2, -0.15) is 0 Å². The maximum absolute atomic E-state index is 5.64. The van der Waals surface area contributed by atoms with Gasteiger partial charge in [-0.3, -0.25) is 0 Å². The van der Waals surface area contributed by atoms with Gasteiger partial charge in [0.1, 0.15) is 5.50 Å². The second-order valence-electron chi connectivity index (χ2n) is 1.87. The molecule has 0 aliphatic rings. The molecule has 1 atom stereocenters. The molecule has 1 aromatic rings. The van der Waals surface area contributed by atoms with Gasteiger partial charge < -0.3 is 5.73 Å². The molecule has 0 aliphatic heterocycles. The number of hydrogen-bond donors (Lipinski definition) is 1. The molecule has 0 saturated heterocycles. The highest BCUT2D eigenvalue weighted by Crippen LogP contribution is 2.23. The van der Waals surface area contributed by atoms with E-state index in [1.807, 2.05) is 18.4 Å². The molecule has 1 unspecified atom stereocenters. The minimum Gasteiger partial charge on any atom is -0.311 e. The van der Waals surface area contributed by atoms with Crippen molar-refractivity contribution < 1.29 is 0 Å². The Balaban J connectivity index is 2.94. The van der Waals surface area contributed by atoms with Gasteiger partial charge in [-0.1, -0.05) is 11.6 Å². The molecule has 1 nitrogen and oxygen atoms in total. The first kappa shape index (κ1) is 7.06. The third-order valence-electron chi connectivity index (χ3n) is 1.15. The molecule has 0 bridgehead atoms. The summed E-state index contributed by atoms with van der Waals surface area (Å²) in [6.45, 7) is 2.01. The number of alkyl halides is 1. The number of hydrogen-bond acceptors (Lipinski definition) is 2. The van der Waals surface area contributed by atoms with Crippen molar-refractivity contribution in [2.24, 2.45) is 5.73 Å². The Labute approximate surface area is 63.4 Å². The van der Waals surface area contributed by atoms with Gasteiger partial charge in [-0.05, 0) is 23.9 Å². The Morgan fingerprint density at radius 1 is 1.78 bits per heavy atom. The first-order valence-electron chi connectivity index (χ1n) is 2.65. The van der Waals surface area contributed by atoms with Crippen LogP contribution in [0.1, 0.15) is 15.9 Å². The maximum Gasteiger partial charge on any atom is 0.115 e. The van der Waals surface area contributed by atoms with Gasteiger partial charge in [0, 0.05) is 4.88 Å². The van der Waals surface area contributed by atoms with Crippen LogP contribution < -0.4 is 5.73 Å². The molecule has 1 heterocycles. The minimum atomic E-state index is -0.329. The van der Waals surface area contributed by atoms with Crippen molar-refractivity contribution >= 4 is 22.9 Å². The minimum absolute atomic E-state index is 0.329. The average Bonchev–Trinajstić information content (AvgIpc) is 2.13. The Bertz CT molecular complexity index is 195. The van der Waals surface area contributed by atoms with Crippen LogP contribution in [-0.2, 0) is 0 Å². The molecule has 1 aromatic heterocycles. The van der Waals surface area contributed by atoms with Crippen molar-refractivity contribution in [1.82, 2.24) is 0 Å². The molecule has 9 heavy (non-hydrogen) atoms. The highest BCUT2D eigenvalue weighted by Gasteiger charge is 2.04. The van der Waals surface area contributed by atoms with E-state index in [0.29, 0.717) is 0 Å². The molecule has 3 heteroatoms. The van der Waals surface area contributed by atoms with Crippen LogP contribution in [0.5, 0.6) is 0 Å². The summed E-state index contributed by atoms with van der Waals surface area (Å²) >= 11 is 7.24. The Morgan fingerprint density at radius 3 is 2.67 bits per heavy atom. The van der Waals surface area contributed by atoms with Crippen molar-refractivity contribution in [1.29, 1.82) is 0 Å². The zero-order valence-corrected chi connectivity index (χ0v) is 6.67. The molecule has 0 amide bonds. The summed E-state index contributed by atoms with van der Waals surface area (Å²) in [5, 5.41) is 1.99. The lowest BCUT2D eigenvalue weighted by molar-refractivity contribution is 1.04.